The molecule has 0 spiro atoms. The lowest BCUT2D eigenvalue weighted by atomic mass is 10.3. The third kappa shape index (κ3) is 3.78. The SMILES string of the molecule is O=C(Nc1c(Br)cc(Br)cc1Br)c1cccc(Cl)n1. The van der Waals surface area contributed by atoms with Gasteiger partial charge >= 0.3 is 0 Å². The Morgan fingerprint density at radius 1 is 1.16 bits per heavy atom. The molecule has 0 saturated heterocycles. The van der Waals surface area contributed by atoms with E-state index in [4.69, 9.17) is 11.6 Å². The molecule has 19 heavy (non-hydrogen) atoms. The molecular weight excluding hydrogens is 463 g/mol. The first-order chi connectivity index (χ1) is 8.97. The number of anilines is 1. The van der Waals surface area contributed by atoms with Gasteiger partial charge in [0.15, 0.2) is 0 Å². The van der Waals surface area contributed by atoms with Crippen molar-refractivity contribution in [1.82, 2.24) is 4.98 Å². The largest absolute Gasteiger partial charge is 0.319 e. The van der Waals surface area contributed by atoms with Crippen molar-refractivity contribution in [1.29, 1.82) is 0 Å². The molecule has 1 aromatic heterocycles. The Bertz CT molecular complexity index is 626. The first-order valence-electron chi connectivity index (χ1n) is 5.06. The molecule has 7 heteroatoms. The maximum absolute atomic E-state index is 12.1. The van der Waals surface area contributed by atoms with Crippen LogP contribution < -0.4 is 5.32 Å². The summed E-state index contributed by atoms with van der Waals surface area (Å²) in [5.74, 6) is -0.328. The highest BCUT2D eigenvalue weighted by Crippen LogP contribution is 2.34. The van der Waals surface area contributed by atoms with E-state index in [9.17, 15) is 4.79 Å². The Hall–Kier alpha value is -0.430. The van der Waals surface area contributed by atoms with Crippen molar-refractivity contribution in [3.63, 3.8) is 0 Å². The first kappa shape index (κ1) is 15.0. The van der Waals surface area contributed by atoms with Gasteiger partial charge in [0.2, 0.25) is 0 Å². The van der Waals surface area contributed by atoms with E-state index in [1.165, 1.54) is 0 Å². The molecule has 0 fully saturated rings. The second kappa shape index (κ2) is 6.35. The summed E-state index contributed by atoms with van der Waals surface area (Å²) in [4.78, 5) is 16.0. The third-order valence-electron chi connectivity index (χ3n) is 2.19. The van der Waals surface area contributed by atoms with Crippen LogP contribution in [0.25, 0.3) is 0 Å². The van der Waals surface area contributed by atoms with Gasteiger partial charge in [0.25, 0.3) is 5.91 Å². The average molecular weight is 469 g/mol. The minimum Gasteiger partial charge on any atom is -0.319 e. The molecule has 2 aromatic rings. The number of hydrogen-bond donors (Lipinski definition) is 1. The molecule has 0 bridgehead atoms. The smallest absolute Gasteiger partial charge is 0.274 e. The van der Waals surface area contributed by atoms with Crippen LogP contribution in [0.3, 0.4) is 0 Å². The molecular formula is C12H6Br3ClN2O. The molecule has 3 nitrogen and oxygen atoms in total. The summed E-state index contributed by atoms with van der Waals surface area (Å²) in [6.07, 6.45) is 0. The van der Waals surface area contributed by atoms with Gasteiger partial charge in [-0.2, -0.15) is 0 Å². The molecule has 0 aliphatic heterocycles. The molecule has 1 N–H and O–H groups in total. The van der Waals surface area contributed by atoms with Crippen molar-refractivity contribution in [2.45, 2.75) is 0 Å². The van der Waals surface area contributed by atoms with Crippen LogP contribution in [-0.2, 0) is 0 Å². The monoisotopic (exact) mass is 466 g/mol. The standard InChI is InChI=1S/C12H6Br3ClN2O/c13-6-4-7(14)11(8(15)5-6)18-12(19)9-2-1-3-10(16)17-9/h1-5H,(H,18,19). The predicted molar refractivity (Wildman–Crippen MR) is 86.7 cm³/mol. The summed E-state index contributed by atoms with van der Waals surface area (Å²) >= 11 is 15.9. The average Bonchev–Trinajstić information content (AvgIpc) is 2.33. The van der Waals surface area contributed by atoms with E-state index in [1.54, 1.807) is 18.2 Å². The molecule has 0 aliphatic carbocycles. The van der Waals surface area contributed by atoms with E-state index < -0.39 is 0 Å². The maximum atomic E-state index is 12.1. The number of hydrogen-bond acceptors (Lipinski definition) is 2. The van der Waals surface area contributed by atoms with Crippen molar-refractivity contribution < 1.29 is 4.79 Å². The van der Waals surface area contributed by atoms with E-state index in [2.05, 4.69) is 58.1 Å². The molecule has 1 aromatic carbocycles. The van der Waals surface area contributed by atoms with Crippen LogP contribution in [0, 0.1) is 0 Å². The van der Waals surface area contributed by atoms with Crippen molar-refractivity contribution in [2.24, 2.45) is 0 Å². The van der Waals surface area contributed by atoms with Crippen LogP contribution >= 0.6 is 59.4 Å². The minimum atomic E-state index is -0.328. The topological polar surface area (TPSA) is 42.0 Å². The second-order valence-corrected chi connectivity index (χ2v) is 6.56. The number of pyridine rings is 1. The Labute approximate surface area is 140 Å². The lowest BCUT2D eigenvalue weighted by Crippen LogP contribution is -2.14. The molecule has 1 amide bonds. The van der Waals surface area contributed by atoms with E-state index >= 15 is 0 Å². The van der Waals surface area contributed by atoms with E-state index in [0.29, 0.717) is 5.69 Å². The number of halogens is 4. The Morgan fingerprint density at radius 2 is 1.79 bits per heavy atom. The van der Waals surface area contributed by atoms with Gasteiger partial charge in [-0.05, 0) is 56.1 Å². The number of carbonyl (C=O) groups excluding carboxylic acids is 1. The summed E-state index contributed by atoms with van der Waals surface area (Å²) in [6.45, 7) is 0. The minimum absolute atomic E-state index is 0.259. The van der Waals surface area contributed by atoms with Crippen molar-refractivity contribution in [3.8, 4) is 0 Å². The Morgan fingerprint density at radius 3 is 2.37 bits per heavy atom. The number of rotatable bonds is 2. The molecule has 1 heterocycles. The van der Waals surface area contributed by atoms with Gasteiger partial charge in [-0.1, -0.05) is 33.6 Å². The highest BCUT2D eigenvalue weighted by atomic mass is 79.9. The molecule has 0 unspecified atom stereocenters. The van der Waals surface area contributed by atoms with Crippen LogP contribution in [0.15, 0.2) is 43.7 Å². The summed E-state index contributed by atoms with van der Waals surface area (Å²) in [6, 6.07) is 8.57. The second-order valence-electron chi connectivity index (χ2n) is 3.54. The number of benzene rings is 1. The normalized spacial score (nSPS) is 10.3. The number of aromatic nitrogens is 1. The number of nitrogens with one attached hydrogen (secondary N) is 1. The van der Waals surface area contributed by atoms with Crippen LogP contribution in [0.4, 0.5) is 5.69 Å². The number of carbonyl (C=O) groups is 1. The molecule has 2 rings (SSSR count). The fourth-order valence-electron chi connectivity index (χ4n) is 1.37. The van der Waals surface area contributed by atoms with Gasteiger partial charge in [0.05, 0.1) is 5.69 Å². The quantitative estimate of drug-likeness (QED) is 0.609. The Balaban J connectivity index is 2.29. The van der Waals surface area contributed by atoms with Gasteiger partial charge in [0.1, 0.15) is 10.8 Å². The predicted octanol–water partition coefficient (Wildman–Crippen LogP) is 5.27. The lowest BCUT2D eigenvalue weighted by molar-refractivity contribution is 0.102. The van der Waals surface area contributed by atoms with Gasteiger partial charge in [-0.15, -0.1) is 0 Å². The van der Waals surface area contributed by atoms with Gasteiger partial charge in [-0.25, -0.2) is 4.98 Å². The Kier molecular flexibility index (Phi) is 5.00. The highest BCUT2D eigenvalue weighted by Gasteiger charge is 2.13. The fourth-order valence-corrected chi connectivity index (χ4v) is 3.99. The van der Waals surface area contributed by atoms with Crippen LogP contribution in [0.2, 0.25) is 5.15 Å². The van der Waals surface area contributed by atoms with Crippen molar-refractivity contribution >= 4 is 71.0 Å². The number of amides is 1. The summed E-state index contributed by atoms with van der Waals surface area (Å²) in [5, 5.41) is 3.05. The fraction of sp³-hybridized carbons (Fsp3) is 0. The van der Waals surface area contributed by atoms with Gasteiger partial charge < -0.3 is 5.32 Å². The van der Waals surface area contributed by atoms with E-state index in [-0.39, 0.29) is 16.8 Å². The lowest BCUT2D eigenvalue weighted by Gasteiger charge is -2.10. The van der Waals surface area contributed by atoms with Crippen LogP contribution in [0.5, 0.6) is 0 Å². The zero-order valence-corrected chi connectivity index (χ0v) is 14.8. The van der Waals surface area contributed by atoms with Crippen LogP contribution in [-0.4, -0.2) is 10.9 Å². The zero-order chi connectivity index (χ0) is 14.0. The number of nitrogens with zero attached hydrogens (tertiary/aromatic N) is 1. The van der Waals surface area contributed by atoms with Gasteiger partial charge in [-0.3, -0.25) is 4.79 Å². The molecule has 98 valence electrons. The van der Waals surface area contributed by atoms with Crippen molar-refractivity contribution in [3.05, 3.63) is 54.6 Å². The molecule has 0 atom stereocenters. The molecule has 0 aliphatic rings. The van der Waals surface area contributed by atoms with Crippen molar-refractivity contribution in [2.75, 3.05) is 5.32 Å². The maximum Gasteiger partial charge on any atom is 0.274 e. The summed E-state index contributed by atoms with van der Waals surface area (Å²) in [5.41, 5.74) is 0.893. The molecule has 0 radical (unpaired) electrons. The van der Waals surface area contributed by atoms with Crippen LogP contribution in [0.1, 0.15) is 10.5 Å². The highest BCUT2D eigenvalue weighted by molar-refractivity contribution is 9.11. The summed E-state index contributed by atoms with van der Waals surface area (Å²) in [7, 11) is 0. The zero-order valence-electron chi connectivity index (χ0n) is 9.25. The van der Waals surface area contributed by atoms with Gasteiger partial charge in [0, 0.05) is 13.4 Å². The summed E-state index contributed by atoms with van der Waals surface area (Å²) < 4.78 is 2.40. The third-order valence-corrected chi connectivity index (χ3v) is 4.11. The van der Waals surface area contributed by atoms with E-state index in [0.717, 1.165) is 13.4 Å². The molecule has 0 saturated carbocycles. The first-order valence-corrected chi connectivity index (χ1v) is 7.81. The van der Waals surface area contributed by atoms with E-state index in [1.807, 2.05) is 12.1 Å².